The van der Waals surface area contributed by atoms with Crippen LogP contribution < -0.4 is 5.32 Å². The highest BCUT2D eigenvalue weighted by molar-refractivity contribution is 5.42. The number of nitrogens with one attached hydrogen (secondary N) is 1. The summed E-state index contributed by atoms with van der Waals surface area (Å²) in [6.45, 7) is 8.63. The minimum atomic E-state index is -0.118. The molecule has 0 radical (unpaired) electrons. The number of hydrogen-bond acceptors (Lipinski definition) is 4. The van der Waals surface area contributed by atoms with E-state index in [1.165, 1.54) is 30.4 Å². The van der Waals surface area contributed by atoms with Crippen molar-refractivity contribution in [3.8, 4) is 5.69 Å². The molecule has 0 bridgehead atoms. The molecule has 1 aliphatic carbocycles. The van der Waals surface area contributed by atoms with Gasteiger partial charge in [0.2, 0.25) is 0 Å². The highest BCUT2D eigenvalue weighted by atomic mass is 15.6. The van der Waals surface area contributed by atoms with Crippen molar-refractivity contribution in [2.75, 3.05) is 0 Å². The van der Waals surface area contributed by atoms with Gasteiger partial charge in [-0.05, 0) is 62.6 Å². The molecule has 124 valence electrons. The first-order valence-electron chi connectivity index (χ1n) is 8.66. The normalized spacial score (nSPS) is 17.6. The standard InChI is InChI=1S/C18H27N5/c1-13(2)19-18(10-6-5-7-11-18)17-20-21-22-23(17)16-9-8-14(3)12-15(16)4/h8-9,12-13,19H,5-7,10-11H2,1-4H3. The van der Waals surface area contributed by atoms with E-state index in [2.05, 4.69) is 66.7 Å². The second kappa shape index (κ2) is 6.40. The van der Waals surface area contributed by atoms with Crippen molar-refractivity contribution < 1.29 is 0 Å². The molecule has 5 nitrogen and oxygen atoms in total. The van der Waals surface area contributed by atoms with Gasteiger partial charge in [0.1, 0.15) is 0 Å². The van der Waals surface area contributed by atoms with E-state index in [0.717, 1.165) is 24.4 Å². The van der Waals surface area contributed by atoms with E-state index in [1.54, 1.807) is 0 Å². The molecule has 0 amide bonds. The maximum absolute atomic E-state index is 4.44. The minimum absolute atomic E-state index is 0.118. The summed E-state index contributed by atoms with van der Waals surface area (Å²) in [5, 5.41) is 16.6. The predicted octanol–water partition coefficient (Wildman–Crippen LogP) is 3.44. The van der Waals surface area contributed by atoms with Gasteiger partial charge in [0.15, 0.2) is 5.82 Å². The molecule has 0 saturated heterocycles. The lowest BCUT2D eigenvalue weighted by Gasteiger charge is -2.38. The van der Waals surface area contributed by atoms with Crippen molar-refractivity contribution in [3.63, 3.8) is 0 Å². The number of tetrazole rings is 1. The maximum Gasteiger partial charge on any atom is 0.176 e. The fourth-order valence-electron chi connectivity index (χ4n) is 3.83. The summed E-state index contributed by atoms with van der Waals surface area (Å²) in [5.74, 6) is 0.956. The Balaban J connectivity index is 2.07. The molecule has 0 spiro atoms. The van der Waals surface area contributed by atoms with E-state index >= 15 is 0 Å². The maximum atomic E-state index is 4.44. The lowest BCUT2D eigenvalue weighted by atomic mass is 9.80. The number of benzene rings is 1. The molecule has 0 unspecified atom stereocenters. The molecular weight excluding hydrogens is 286 g/mol. The monoisotopic (exact) mass is 313 g/mol. The number of hydrogen-bond donors (Lipinski definition) is 1. The summed E-state index contributed by atoms with van der Waals surface area (Å²) in [5.41, 5.74) is 3.42. The third-order valence-electron chi connectivity index (χ3n) is 4.75. The Labute approximate surface area is 138 Å². The second-order valence-corrected chi connectivity index (χ2v) is 7.15. The van der Waals surface area contributed by atoms with Crippen LogP contribution in [0.25, 0.3) is 5.69 Å². The van der Waals surface area contributed by atoms with Crippen molar-refractivity contribution in [2.24, 2.45) is 0 Å². The van der Waals surface area contributed by atoms with Crippen LogP contribution in [0, 0.1) is 13.8 Å². The molecule has 3 rings (SSSR count). The zero-order chi connectivity index (χ0) is 16.4. The Kier molecular flexibility index (Phi) is 4.48. The van der Waals surface area contributed by atoms with Gasteiger partial charge < -0.3 is 5.32 Å². The van der Waals surface area contributed by atoms with Crippen molar-refractivity contribution in [1.29, 1.82) is 0 Å². The van der Waals surface area contributed by atoms with E-state index < -0.39 is 0 Å². The highest BCUT2D eigenvalue weighted by Gasteiger charge is 2.39. The van der Waals surface area contributed by atoms with Gasteiger partial charge in [0, 0.05) is 6.04 Å². The highest BCUT2D eigenvalue weighted by Crippen LogP contribution is 2.37. The number of rotatable bonds is 4. The smallest absolute Gasteiger partial charge is 0.176 e. The minimum Gasteiger partial charge on any atom is -0.302 e. The summed E-state index contributed by atoms with van der Waals surface area (Å²) < 4.78 is 1.94. The summed E-state index contributed by atoms with van der Waals surface area (Å²) in [7, 11) is 0. The van der Waals surface area contributed by atoms with Crippen LogP contribution in [0.5, 0.6) is 0 Å². The summed E-state index contributed by atoms with van der Waals surface area (Å²) in [6, 6.07) is 6.83. The lowest BCUT2D eigenvalue weighted by Crippen LogP contribution is -2.49. The Bertz CT molecular complexity index is 668. The lowest BCUT2D eigenvalue weighted by molar-refractivity contribution is 0.201. The molecule has 1 saturated carbocycles. The van der Waals surface area contributed by atoms with Crippen LogP contribution in [0.3, 0.4) is 0 Å². The molecule has 0 aliphatic heterocycles. The average molecular weight is 313 g/mol. The van der Waals surface area contributed by atoms with E-state index in [1.807, 2.05) is 4.68 Å². The fraction of sp³-hybridized carbons (Fsp3) is 0.611. The van der Waals surface area contributed by atoms with Gasteiger partial charge in [0.25, 0.3) is 0 Å². The quantitative estimate of drug-likeness (QED) is 0.939. The molecule has 1 N–H and O–H groups in total. The molecule has 2 aromatic rings. The van der Waals surface area contributed by atoms with Crippen LogP contribution in [0.2, 0.25) is 0 Å². The predicted molar refractivity (Wildman–Crippen MR) is 91.7 cm³/mol. The Morgan fingerprint density at radius 2 is 1.87 bits per heavy atom. The zero-order valence-electron chi connectivity index (χ0n) is 14.6. The van der Waals surface area contributed by atoms with E-state index in [-0.39, 0.29) is 5.54 Å². The average Bonchev–Trinajstić information content (AvgIpc) is 2.97. The van der Waals surface area contributed by atoms with Gasteiger partial charge >= 0.3 is 0 Å². The Hall–Kier alpha value is -1.75. The van der Waals surface area contributed by atoms with Gasteiger partial charge in [0.05, 0.1) is 11.2 Å². The first kappa shape index (κ1) is 16.1. The van der Waals surface area contributed by atoms with Crippen LogP contribution in [-0.4, -0.2) is 26.2 Å². The number of aryl methyl sites for hydroxylation is 2. The van der Waals surface area contributed by atoms with Crippen molar-refractivity contribution in [2.45, 2.75) is 71.4 Å². The molecule has 1 aliphatic rings. The van der Waals surface area contributed by atoms with Crippen LogP contribution in [0.4, 0.5) is 0 Å². The first-order chi connectivity index (χ1) is 11.0. The molecule has 1 fully saturated rings. The molecule has 1 heterocycles. The summed E-state index contributed by atoms with van der Waals surface area (Å²) >= 11 is 0. The number of aromatic nitrogens is 4. The van der Waals surface area contributed by atoms with Crippen molar-refractivity contribution in [1.82, 2.24) is 25.5 Å². The van der Waals surface area contributed by atoms with Crippen LogP contribution in [0.15, 0.2) is 18.2 Å². The topological polar surface area (TPSA) is 55.6 Å². The zero-order valence-corrected chi connectivity index (χ0v) is 14.6. The van der Waals surface area contributed by atoms with Crippen molar-refractivity contribution >= 4 is 0 Å². The molecule has 5 heteroatoms. The van der Waals surface area contributed by atoms with E-state index in [0.29, 0.717) is 6.04 Å². The summed E-state index contributed by atoms with van der Waals surface area (Å²) in [6.07, 6.45) is 5.93. The van der Waals surface area contributed by atoms with Crippen molar-refractivity contribution in [3.05, 3.63) is 35.2 Å². The van der Waals surface area contributed by atoms with Crippen LogP contribution in [0.1, 0.15) is 62.9 Å². The van der Waals surface area contributed by atoms with Crippen LogP contribution >= 0.6 is 0 Å². The molecule has 0 atom stereocenters. The van der Waals surface area contributed by atoms with E-state index in [4.69, 9.17) is 0 Å². The molecule has 1 aromatic carbocycles. The van der Waals surface area contributed by atoms with Gasteiger partial charge in [-0.15, -0.1) is 5.10 Å². The molecule has 1 aromatic heterocycles. The number of nitrogens with zero attached hydrogens (tertiary/aromatic N) is 4. The third-order valence-corrected chi connectivity index (χ3v) is 4.75. The summed E-state index contributed by atoms with van der Waals surface area (Å²) in [4.78, 5) is 0. The fourth-order valence-corrected chi connectivity index (χ4v) is 3.83. The second-order valence-electron chi connectivity index (χ2n) is 7.15. The Morgan fingerprint density at radius 3 is 2.52 bits per heavy atom. The third kappa shape index (κ3) is 3.15. The van der Waals surface area contributed by atoms with Gasteiger partial charge in [-0.1, -0.05) is 37.0 Å². The van der Waals surface area contributed by atoms with Crippen LogP contribution in [-0.2, 0) is 5.54 Å². The SMILES string of the molecule is Cc1ccc(-n2nnnc2C2(NC(C)C)CCCCC2)c(C)c1. The molecular formula is C18H27N5. The van der Waals surface area contributed by atoms with Gasteiger partial charge in [-0.3, -0.25) is 0 Å². The van der Waals surface area contributed by atoms with Gasteiger partial charge in [-0.25, -0.2) is 0 Å². The van der Waals surface area contributed by atoms with Gasteiger partial charge in [-0.2, -0.15) is 4.68 Å². The largest absolute Gasteiger partial charge is 0.302 e. The first-order valence-corrected chi connectivity index (χ1v) is 8.66. The van der Waals surface area contributed by atoms with E-state index in [9.17, 15) is 0 Å². The molecule has 23 heavy (non-hydrogen) atoms. The Morgan fingerprint density at radius 1 is 1.13 bits per heavy atom.